The second-order valence-corrected chi connectivity index (χ2v) is 6.96. The summed E-state index contributed by atoms with van der Waals surface area (Å²) in [5.41, 5.74) is 1.10. The molecular formula is C14H20N2O3S. The molecule has 1 aliphatic heterocycles. The van der Waals surface area contributed by atoms with Crippen molar-refractivity contribution in [1.82, 2.24) is 9.62 Å². The van der Waals surface area contributed by atoms with Gasteiger partial charge in [-0.1, -0.05) is 19.1 Å². The third kappa shape index (κ3) is 3.37. The minimum atomic E-state index is -3.49. The number of aryl methyl sites for hydroxylation is 1. The van der Waals surface area contributed by atoms with E-state index in [4.69, 9.17) is 0 Å². The second kappa shape index (κ2) is 5.93. The molecule has 1 heterocycles. The zero-order chi connectivity index (χ0) is 14.8. The van der Waals surface area contributed by atoms with Gasteiger partial charge in [-0.05, 0) is 30.0 Å². The van der Waals surface area contributed by atoms with Crippen LogP contribution in [0.4, 0.5) is 0 Å². The van der Waals surface area contributed by atoms with Crippen LogP contribution in [0.2, 0.25) is 0 Å². The third-order valence-corrected chi connectivity index (χ3v) is 5.06. The van der Waals surface area contributed by atoms with Crippen molar-refractivity contribution in [3.8, 4) is 0 Å². The molecule has 0 spiro atoms. The number of rotatable bonds is 5. The van der Waals surface area contributed by atoms with Gasteiger partial charge in [-0.25, -0.2) is 13.1 Å². The van der Waals surface area contributed by atoms with Gasteiger partial charge in [0.15, 0.2) is 0 Å². The topological polar surface area (TPSA) is 66.5 Å². The van der Waals surface area contributed by atoms with E-state index in [9.17, 15) is 13.2 Å². The normalized spacial score (nSPS) is 19.6. The number of nitrogens with one attached hydrogen (secondary N) is 1. The van der Waals surface area contributed by atoms with Crippen molar-refractivity contribution in [2.75, 3.05) is 20.1 Å². The SMILES string of the molecule is CCc1ccc(S(=O)(=O)NCC2CC(=O)N(C)C2)cc1. The van der Waals surface area contributed by atoms with Gasteiger partial charge in [0.1, 0.15) is 0 Å². The first kappa shape index (κ1) is 15.0. The van der Waals surface area contributed by atoms with Crippen molar-refractivity contribution in [3.05, 3.63) is 29.8 Å². The lowest BCUT2D eigenvalue weighted by Gasteiger charge is -2.12. The fraction of sp³-hybridized carbons (Fsp3) is 0.500. The lowest BCUT2D eigenvalue weighted by Crippen LogP contribution is -2.30. The molecule has 20 heavy (non-hydrogen) atoms. The van der Waals surface area contributed by atoms with Crippen LogP contribution in [0.3, 0.4) is 0 Å². The molecule has 1 N–H and O–H groups in total. The van der Waals surface area contributed by atoms with Gasteiger partial charge in [0, 0.05) is 26.6 Å². The molecule has 1 aromatic rings. The van der Waals surface area contributed by atoms with E-state index in [1.54, 1.807) is 24.1 Å². The average Bonchev–Trinajstić information content (AvgIpc) is 2.76. The minimum absolute atomic E-state index is 0.0530. The highest BCUT2D eigenvalue weighted by Crippen LogP contribution is 2.16. The second-order valence-electron chi connectivity index (χ2n) is 5.19. The van der Waals surface area contributed by atoms with E-state index in [1.807, 2.05) is 19.1 Å². The monoisotopic (exact) mass is 296 g/mol. The molecule has 1 aromatic carbocycles. The van der Waals surface area contributed by atoms with E-state index in [0.717, 1.165) is 12.0 Å². The Balaban J connectivity index is 1.98. The zero-order valence-corrected chi connectivity index (χ0v) is 12.6. The maximum Gasteiger partial charge on any atom is 0.240 e. The summed E-state index contributed by atoms with van der Waals surface area (Å²) in [7, 11) is -1.75. The van der Waals surface area contributed by atoms with Crippen LogP contribution < -0.4 is 4.72 Å². The summed E-state index contributed by atoms with van der Waals surface area (Å²) < 4.78 is 26.9. The van der Waals surface area contributed by atoms with Gasteiger partial charge in [-0.2, -0.15) is 0 Å². The maximum absolute atomic E-state index is 12.1. The van der Waals surface area contributed by atoms with Gasteiger partial charge in [-0.3, -0.25) is 4.79 Å². The fourth-order valence-electron chi connectivity index (χ4n) is 2.31. The first-order valence-corrected chi connectivity index (χ1v) is 8.23. The number of carbonyl (C=O) groups excluding carboxylic acids is 1. The molecule has 1 aliphatic rings. The number of nitrogens with zero attached hydrogens (tertiary/aromatic N) is 1. The van der Waals surface area contributed by atoms with Crippen molar-refractivity contribution in [2.45, 2.75) is 24.7 Å². The van der Waals surface area contributed by atoms with Gasteiger partial charge in [0.25, 0.3) is 0 Å². The molecule has 0 aromatic heterocycles. The molecular weight excluding hydrogens is 276 g/mol. The quantitative estimate of drug-likeness (QED) is 0.881. The first-order chi connectivity index (χ1) is 9.42. The maximum atomic E-state index is 12.1. The molecule has 0 bridgehead atoms. The Morgan fingerprint density at radius 2 is 1.95 bits per heavy atom. The minimum Gasteiger partial charge on any atom is -0.345 e. The van der Waals surface area contributed by atoms with Crippen LogP contribution in [0.15, 0.2) is 29.2 Å². The molecule has 1 amide bonds. The molecule has 1 unspecified atom stereocenters. The molecule has 1 fully saturated rings. The van der Waals surface area contributed by atoms with E-state index < -0.39 is 10.0 Å². The molecule has 0 radical (unpaired) electrons. The highest BCUT2D eigenvalue weighted by Gasteiger charge is 2.27. The van der Waals surface area contributed by atoms with E-state index in [2.05, 4.69) is 4.72 Å². The number of amides is 1. The van der Waals surface area contributed by atoms with Gasteiger partial charge in [0.05, 0.1) is 4.90 Å². The number of benzene rings is 1. The Kier molecular flexibility index (Phi) is 4.45. The van der Waals surface area contributed by atoms with Crippen LogP contribution in [0.25, 0.3) is 0 Å². The molecule has 1 saturated heterocycles. The lowest BCUT2D eigenvalue weighted by molar-refractivity contribution is -0.126. The Labute approximate surface area is 120 Å². The molecule has 5 nitrogen and oxygen atoms in total. The van der Waals surface area contributed by atoms with Crippen molar-refractivity contribution in [1.29, 1.82) is 0 Å². The number of likely N-dealkylation sites (tertiary alicyclic amines) is 1. The Morgan fingerprint density at radius 1 is 1.30 bits per heavy atom. The average molecular weight is 296 g/mol. The molecule has 0 saturated carbocycles. The van der Waals surface area contributed by atoms with Crippen molar-refractivity contribution in [2.24, 2.45) is 5.92 Å². The smallest absolute Gasteiger partial charge is 0.240 e. The van der Waals surface area contributed by atoms with Crippen LogP contribution in [0.1, 0.15) is 18.9 Å². The Morgan fingerprint density at radius 3 is 2.45 bits per heavy atom. The molecule has 6 heteroatoms. The van der Waals surface area contributed by atoms with Gasteiger partial charge < -0.3 is 4.90 Å². The summed E-state index contributed by atoms with van der Waals surface area (Å²) in [6, 6.07) is 6.88. The number of carbonyl (C=O) groups is 1. The highest BCUT2D eigenvalue weighted by molar-refractivity contribution is 7.89. The first-order valence-electron chi connectivity index (χ1n) is 6.75. The third-order valence-electron chi connectivity index (χ3n) is 3.63. The summed E-state index contributed by atoms with van der Waals surface area (Å²) in [4.78, 5) is 13.3. The number of hydrogen-bond donors (Lipinski definition) is 1. The van der Waals surface area contributed by atoms with E-state index >= 15 is 0 Å². The molecule has 110 valence electrons. The summed E-state index contributed by atoms with van der Waals surface area (Å²) in [5.74, 6) is 0.124. The largest absolute Gasteiger partial charge is 0.345 e. The van der Waals surface area contributed by atoms with Crippen molar-refractivity contribution in [3.63, 3.8) is 0 Å². The Hall–Kier alpha value is -1.40. The highest BCUT2D eigenvalue weighted by atomic mass is 32.2. The summed E-state index contributed by atoms with van der Waals surface area (Å²) in [5, 5.41) is 0. The predicted octanol–water partition coefficient (Wildman–Crippen LogP) is 1.01. The zero-order valence-electron chi connectivity index (χ0n) is 11.8. The lowest BCUT2D eigenvalue weighted by atomic mass is 10.1. The van der Waals surface area contributed by atoms with Crippen LogP contribution in [-0.4, -0.2) is 39.4 Å². The number of hydrogen-bond acceptors (Lipinski definition) is 3. The van der Waals surface area contributed by atoms with Crippen LogP contribution in [0.5, 0.6) is 0 Å². The summed E-state index contributed by atoms with van der Waals surface area (Å²) >= 11 is 0. The van der Waals surface area contributed by atoms with Crippen molar-refractivity contribution < 1.29 is 13.2 Å². The van der Waals surface area contributed by atoms with Gasteiger partial charge >= 0.3 is 0 Å². The molecule has 1 atom stereocenters. The standard InChI is InChI=1S/C14H20N2O3S/c1-3-11-4-6-13(7-5-11)20(18,19)15-9-12-8-14(17)16(2)10-12/h4-7,12,15H,3,8-10H2,1-2H3. The van der Waals surface area contributed by atoms with Gasteiger partial charge in [0.2, 0.25) is 15.9 Å². The molecule has 0 aliphatic carbocycles. The van der Waals surface area contributed by atoms with E-state index in [0.29, 0.717) is 19.5 Å². The number of sulfonamides is 1. The predicted molar refractivity (Wildman–Crippen MR) is 76.8 cm³/mol. The Bertz CT molecular complexity index is 581. The molecule has 2 rings (SSSR count). The summed E-state index contributed by atoms with van der Waals surface area (Å²) in [6.07, 6.45) is 1.29. The van der Waals surface area contributed by atoms with E-state index in [1.165, 1.54) is 0 Å². The van der Waals surface area contributed by atoms with Crippen LogP contribution in [0, 0.1) is 5.92 Å². The van der Waals surface area contributed by atoms with E-state index in [-0.39, 0.29) is 16.7 Å². The van der Waals surface area contributed by atoms with Gasteiger partial charge in [-0.15, -0.1) is 0 Å². The van der Waals surface area contributed by atoms with Crippen molar-refractivity contribution >= 4 is 15.9 Å². The summed E-state index contributed by atoms with van der Waals surface area (Å²) in [6.45, 7) is 2.93. The fourth-order valence-corrected chi connectivity index (χ4v) is 3.42. The van der Waals surface area contributed by atoms with Crippen LogP contribution >= 0.6 is 0 Å². The van der Waals surface area contributed by atoms with Crippen LogP contribution in [-0.2, 0) is 21.2 Å².